The summed E-state index contributed by atoms with van der Waals surface area (Å²) in [5.74, 6) is 0.857. The van der Waals surface area contributed by atoms with Gasteiger partial charge in [0.2, 0.25) is 5.91 Å². The van der Waals surface area contributed by atoms with E-state index >= 15 is 0 Å². The highest BCUT2D eigenvalue weighted by molar-refractivity contribution is 5.76. The number of likely N-dealkylation sites (tertiary alicyclic amines) is 1. The molecule has 0 aromatic rings. The monoisotopic (exact) mass is 240 g/mol. The van der Waals surface area contributed by atoms with E-state index < -0.39 is 0 Å². The Bertz CT molecular complexity index is 279. The molecule has 17 heavy (non-hydrogen) atoms. The average molecular weight is 240 g/mol. The van der Waals surface area contributed by atoms with Crippen LogP contribution >= 0.6 is 0 Å². The minimum absolute atomic E-state index is 0.220. The molecule has 2 atom stereocenters. The standard InChI is InChI=1S/C13H24N2O2/c1-17-10-13-6-3-2-4-11(13)8-15(9-13)12(16)5-7-14/h11H,2-10,14H2,1H3/t11-,13+/m1/s1. The van der Waals surface area contributed by atoms with Crippen LogP contribution in [0.4, 0.5) is 0 Å². The van der Waals surface area contributed by atoms with Gasteiger partial charge in [0, 0.05) is 38.6 Å². The van der Waals surface area contributed by atoms with E-state index in [4.69, 9.17) is 10.5 Å². The first-order valence-electron chi connectivity index (χ1n) is 6.68. The molecule has 2 N–H and O–H groups in total. The molecule has 1 amide bonds. The first kappa shape index (κ1) is 12.8. The van der Waals surface area contributed by atoms with Crippen molar-refractivity contribution in [1.29, 1.82) is 0 Å². The maximum Gasteiger partial charge on any atom is 0.223 e. The number of hydrogen-bond donors (Lipinski definition) is 1. The molecule has 2 aliphatic rings. The normalized spacial score (nSPS) is 32.6. The summed E-state index contributed by atoms with van der Waals surface area (Å²) in [5, 5.41) is 0. The predicted molar refractivity (Wildman–Crippen MR) is 66.5 cm³/mol. The van der Waals surface area contributed by atoms with Crippen molar-refractivity contribution in [2.45, 2.75) is 32.1 Å². The van der Waals surface area contributed by atoms with Crippen LogP contribution in [0.2, 0.25) is 0 Å². The number of rotatable bonds is 4. The van der Waals surface area contributed by atoms with Gasteiger partial charge in [-0.05, 0) is 18.8 Å². The second kappa shape index (κ2) is 5.36. The summed E-state index contributed by atoms with van der Waals surface area (Å²) in [6, 6.07) is 0. The zero-order chi connectivity index (χ0) is 12.3. The second-order valence-electron chi connectivity index (χ2n) is 5.55. The van der Waals surface area contributed by atoms with Crippen molar-refractivity contribution in [3.63, 3.8) is 0 Å². The highest BCUT2D eigenvalue weighted by Gasteiger charge is 2.48. The molecule has 98 valence electrons. The Morgan fingerprint density at radius 2 is 2.35 bits per heavy atom. The van der Waals surface area contributed by atoms with E-state index in [1.165, 1.54) is 25.7 Å². The van der Waals surface area contributed by atoms with Crippen LogP contribution in [0.25, 0.3) is 0 Å². The summed E-state index contributed by atoms with van der Waals surface area (Å²) >= 11 is 0. The fourth-order valence-corrected chi connectivity index (χ4v) is 3.58. The molecule has 1 saturated heterocycles. The Morgan fingerprint density at radius 1 is 1.53 bits per heavy atom. The van der Waals surface area contributed by atoms with Gasteiger partial charge in [-0.25, -0.2) is 0 Å². The van der Waals surface area contributed by atoms with Crippen LogP contribution in [-0.4, -0.2) is 44.2 Å². The third-order valence-electron chi connectivity index (χ3n) is 4.43. The van der Waals surface area contributed by atoms with Gasteiger partial charge in [-0.3, -0.25) is 4.79 Å². The van der Waals surface area contributed by atoms with Gasteiger partial charge >= 0.3 is 0 Å². The first-order chi connectivity index (χ1) is 8.22. The minimum atomic E-state index is 0.220. The summed E-state index contributed by atoms with van der Waals surface area (Å²) in [6.45, 7) is 3.05. The average Bonchev–Trinajstić information content (AvgIpc) is 2.69. The Hall–Kier alpha value is -0.610. The Balaban J connectivity index is 2.05. The molecule has 2 fully saturated rings. The lowest BCUT2D eigenvalue weighted by Crippen LogP contribution is -2.38. The smallest absolute Gasteiger partial charge is 0.223 e. The molecule has 0 bridgehead atoms. The van der Waals surface area contributed by atoms with E-state index in [0.717, 1.165) is 19.7 Å². The Kier molecular flexibility index (Phi) is 4.05. The molecule has 0 spiro atoms. The number of nitrogens with two attached hydrogens (primary N) is 1. The zero-order valence-electron chi connectivity index (χ0n) is 10.8. The van der Waals surface area contributed by atoms with Gasteiger partial charge in [0.25, 0.3) is 0 Å². The van der Waals surface area contributed by atoms with Crippen LogP contribution in [0.5, 0.6) is 0 Å². The molecular formula is C13H24N2O2. The molecule has 4 heteroatoms. The molecule has 1 aliphatic carbocycles. The molecule has 0 radical (unpaired) electrons. The number of nitrogens with zero attached hydrogens (tertiary/aromatic N) is 1. The van der Waals surface area contributed by atoms with E-state index in [2.05, 4.69) is 0 Å². The minimum Gasteiger partial charge on any atom is -0.384 e. The molecule has 4 nitrogen and oxygen atoms in total. The molecule has 1 aliphatic heterocycles. The lowest BCUT2D eigenvalue weighted by atomic mass is 9.69. The van der Waals surface area contributed by atoms with Crippen molar-refractivity contribution in [3.8, 4) is 0 Å². The van der Waals surface area contributed by atoms with Crippen LogP contribution in [0.15, 0.2) is 0 Å². The lowest BCUT2D eigenvalue weighted by molar-refractivity contribution is -0.130. The quantitative estimate of drug-likeness (QED) is 0.797. The first-order valence-corrected chi connectivity index (χ1v) is 6.68. The van der Waals surface area contributed by atoms with Gasteiger partial charge < -0.3 is 15.4 Å². The fourth-order valence-electron chi connectivity index (χ4n) is 3.58. The van der Waals surface area contributed by atoms with Gasteiger partial charge in [-0.1, -0.05) is 12.8 Å². The van der Waals surface area contributed by atoms with Gasteiger partial charge in [-0.2, -0.15) is 0 Å². The third-order valence-corrected chi connectivity index (χ3v) is 4.43. The Morgan fingerprint density at radius 3 is 3.06 bits per heavy atom. The SMILES string of the molecule is COC[C@@]12CCCC[C@@H]1CN(C(=O)CCN)C2. The topological polar surface area (TPSA) is 55.6 Å². The number of carbonyl (C=O) groups excluding carboxylic acids is 1. The maximum absolute atomic E-state index is 11.9. The molecule has 1 heterocycles. The van der Waals surface area contributed by atoms with Crippen LogP contribution in [0, 0.1) is 11.3 Å². The van der Waals surface area contributed by atoms with Crippen LogP contribution in [0.3, 0.4) is 0 Å². The molecular weight excluding hydrogens is 216 g/mol. The van der Waals surface area contributed by atoms with Crippen molar-refractivity contribution in [3.05, 3.63) is 0 Å². The summed E-state index contributed by atoms with van der Waals surface area (Å²) in [5.41, 5.74) is 5.70. The molecule has 0 aromatic carbocycles. The number of carbonyl (C=O) groups is 1. The molecule has 0 aromatic heterocycles. The summed E-state index contributed by atoms with van der Waals surface area (Å²) < 4.78 is 5.41. The number of ether oxygens (including phenoxy) is 1. The van der Waals surface area contributed by atoms with Crippen molar-refractivity contribution in [2.75, 3.05) is 33.4 Å². The zero-order valence-corrected chi connectivity index (χ0v) is 10.8. The highest BCUT2D eigenvalue weighted by Crippen LogP contribution is 2.46. The largest absolute Gasteiger partial charge is 0.384 e. The van der Waals surface area contributed by atoms with E-state index in [-0.39, 0.29) is 11.3 Å². The predicted octanol–water partition coefficient (Wildman–Crippen LogP) is 1.00. The number of methoxy groups -OCH3 is 1. The lowest BCUT2D eigenvalue weighted by Gasteiger charge is -2.37. The number of amides is 1. The second-order valence-corrected chi connectivity index (χ2v) is 5.55. The molecule has 0 unspecified atom stereocenters. The fraction of sp³-hybridized carbons (Fsp3) is 0.923. The maximum atomic E-state index is 11.9. The van der Waals surface area contributed by atoms with Gasteiger partial charge in [0.05, 0.1) is 6.61 Å². The van der Waals surface area contributed by atoms with Crippen LogP contribution in [0.1, 0.15) is 32.1 Å². The van der Waals surface area contributed by atoms with E-state index in [9.17, 15) is 4.79 Å². The van der Waals surface area contributed by atoms with Gasteiger partial charge in [0.15, 0.2) is 0 Å². The summed E-state index contributed by atoms with van der Waals surface area (Å²) in [4.78, 5) is 14.0. The highest BCUT2D eigenvalue weighted by atomic mass is 16.5. The number of hydrogen-bond acceptors (Lipinski definition) is 3. The summed E-state index contributed by atoms with van der Waals surface area (Å²) in [7, 11) is 1.77. The van der Waals surface area contributed by atoms with Crippen molar-refractivity contribution in [2.24, 2.45) is 17.1 Å². The van der Waals surface area contributed by atoms with Crippen molar-refractivity contribution < 1.29 is 9.53 Å². The molecule has 1 saturated carbocycles. The third kappa shape index (κ3) is 2.47. The van der Waals surface area contributed by atoms with E-state index in [1.54, 1.807) is 7.11 Å². The Labute approximate surface area is 103 Å². The van der Waals surface area contributed by atoms with Crippen molar-refractivity contribution >= 4 is 5.91 Å². The van der Waals surface area contributed by atoms with Crippen molar-refractivity contribution in [1.82, 2.24) is 4.90 Å². The molecule has 2 rings (SSSR count). The van der Waals surface area contributed by atoms with Gasteiger partial charge in [0.1, 0.15) is 0 Å². The van der Waals surface area contributed by atoms with Crippen LogP contribution in [-0.2, 0) is 9.53 Å². The van der Waals surface area contributed by atoms with E-state index in [1.807, 2.05) is 4.90 Å². The van der Waals surface area contributed by atoms with E-state index in [0.29, 0.717) is 18.9 Å². The van der Waals surface area contributed by atoms with Crippen LogP contribution < -0.4 is 5.73 Å². The van der Waals surface area contributed by atoms with Gasteiger partial charge in [-0.15, -0.1) is 0 Å². The number of fused-ring (bicyclic) bond motifs is 1. The summed E-state index contributed by atoms with van der Waals surface area (Å²) in [6.07, 6.45) is 5.51.